The minimum absolute atomic E-state index is 0.0893. The van der Waals surface area contributed by atoms with E-state index in [-0.39, 0.29) is 38.2 Å². The Labute approximate surface area is 301 Å². The van der Waals surface area contributed by atoms with Crippen LogP contribution in [-0.2, 0) is 43.2 Å². The van der Waals surface area contributed by atoms with Crippen LogP contribution in [0.5, 0.6) is 0 Å². The lowest BCUT2D eigenvalue weighted by Crippen LogP contribution is -2.58. The fourth-order valence-electron chi connectivity index (χ4n) is 6.11. The van der Waals surface area contributed by atoms with Crippen molar-refractivity contribution in [3.63, 3.8) is 0 Å². The average molecular weight is 708 g/mol. The molecule has 2 heterocycles. The van der Waals surface area contributed by atoms with Crippen molar-refractivity contribution < 1.29 is 24.0 Å². The molecule has 0 spiro atoms. The van der Waals surface area contributed by atoms with Gasteiger partial charge in [0.05, 0.1) is 0 Å². The highest BCUT2D eigenvalue weighted by Crippen LogP contribution is 2.20. The molecule has 0 saturated carbocycles. The Balaban J connectivity index is 1.51. The Hall–Kier alpha value is -6.18. The number of amides is 5. The minimum Gasteiger partial charge on any atom is -0.370 e. The number of guanidine groups is 1. The number of hydrogen-bond acceptors (Lipinski definition) is 6. The number of para-hydroxylation sites is 1. The SMILES string of the molecule is CC1NC(=O)C(Cc2ccccc2)NC(=O)C(CCCN=C(N)N)NC(=O)C(Cc2ccccc2)NC(=O)C(Cc2c[nH]c3ccccc23)NC1=O. The van der Waals surface area contributed by atoms with Gasteiger partial charge in [-0.25, -0.2) is 0 Å². The molecule has 1 aliphatic heterocycles. The molecule has 1 aromatic heterocycles. The molecular weight excluding hydrogens is 662 g/mol. The summed E-state index contributed by atoms with van der Waals surface area (Å²) < 4.78 is 0. The quantitative estimate of drug-likeness (QED) is 0.0669. The second-order valence-corrected chi connectivity index (χ2v) is 12.9. The smallest absolute Gasteiger partial charge is 0.243 e. The summed E-state index contributed by atoms with van der Waals surface area (Å²) in [5, 5.41) is 14.8. The Kier molecular flexibility index (Phi) is 12.6. The van der Waals surface area contributed by atoms with Gasteiger partial charge in [0.25, 0.3) is 0 Å². The number of nitrogens with two attached hydrogens (primary N) is 2. The van der Waals surface area contributed by atoms with E-state index in [0.29, 0.717) is 6.42 Å². The van der Waals surface area contributed by atoms with E-state index in [1.807, 2.05) is 84.9 Å². The highest BCUT2D eigenvalue weighted by atomic mass is 16.2. The van der Waals surface area contributed by atoms with E-state index >= 15 is 0 Å². The van der Waals surface area contributed by atoms with Gasteiger partial charge < -0.3 is 43.0 Å². The number of H-pyrrole nitrogens is 1. The lowest BCUT2D eigenvalue weighted by molar-refractivity contribution is -0.134. The maximum atomic E-state index is 14.1. The number of aliphatic imine (C=N–C) groups is 1. The van der Waals surface area contributed by atoms with E-state index < -0.39 is 59.7 Å². The van der Waals surface area contributed by atoms with Gasteiger partial charge in [-0.05, 0) is 42.5 Å². The van der Waals surface area contributed by atoms with Gasteiger partial charge in [0.1, 0.15) is 30.2 Å². The van der Waals surface area contributed by atoms with Crippen molar-refractivity contribution >= 4 is 46.4 Å². The summed E-state index contributed by atoms with van der Waals surface area (Å²) in [5.41, 5.74) is 14.1. The highest BCUT2D eigenvalue weighted by molar-refractivity contribution is 5.98. The number of nitrogens with one attached hydrogen (secondary N) is 6. The van der Waals surface area contributed by atoms with Crippen LogP contribution < -0.4 is 38.1 Å². The molecule has 1 aliphatic rings. The summed E-state index contributed by atoms with van der Waals surface area (Å²) in [7, 11) is 0. The molecule has 14 heteroatoms. The number of aromatic amines is 1. The monoisotopic (exact) mass is 707 g/mol. The summed E-state index contributed by atoms with van der Waals surface area (Å²) in [5.74, 6) is -3.19. The van der Waals surface area contributed by atoms with E-state index in [9.17, 15) is 24.0 Å². The van der Waals surface area contributed by atoms with Gasteiger partial charge in [-0.2, -0.15) is 0 Å². The Morgan fingerprint density at radius 3 is 1.67 bits per heavy atom. The van der Waals surface area contributed by atoms with Crippen molar-refractivity contribution in [2.75, 3.05) is 6.54 Å². The summed E-state index contributed by atoms with van der Waals surface area (Å²) in [6, 6.07) is 20.2. The molecule has 0 aliphatic carbocycles. The molecule has 5 atom stereocenters. The van der Waals surface area contributed by atoms with Crippen LogP contribution in [0, 0.1) is 0 Å². The standard InChI is InChI=1S/C38H45N9O5/c1-23-33(48)45-32(21-26-22-42-28-16-9-8-15-27(26)28)37(52)47-31(20-25-13-6-3-7-14-25)36(51)44-29(17-10-18-41-38(39)40)34(49)46-30(35(50)43-23)19-24-11-4-2-5-12-24/h2-9,11-16,22-23,29-32,42H,10,17-21H2,1H3,(H,43,50)(H,44,51)(H,45,48)(H,46,49)(H,47,52)(H4,39,40,41). The van der Waals surface area contributed by atoms with E-state index in [4.69, 9.17) is 11.5 Å². The van der Waals surface area contributed by atoms with Crippen molar-refractivity contribution in [1.29, 1.82) is 0 Å². The normalized spacial score (nSPS) is 21.8. The van der Waals surface area contributed by atoms with Crippen molar-refractivity contribution in [1.82, 2.24) is 31.6 Å². The third-order valence-corrected chi connectivity index (χ3v) is 8.89. The minimum atomic E-state index is -1.13. The number of carbonyl (C=O) groups is 5. The van der Waals surface area contributed by atoms with Gasteiger partial charge in [0.2, 0.25) is 29.5 Å². The molecule has 5 rings (SSSR count). The Morgan fingerprint density at radius 1 is 0.596 bits per heavy atom. The Morgan fingerprint density at radius 2 is 1.08 bits per heavy atom. The molecule has 52 heavy (non-hydrogen) atoms. The number of benzene rings is 3. The van der Waals surface area contributed by atoms with Crippen LogP contribution in [0.25, 0.3) is 10.9 Å². The van der Waals surface area contributed by atoms with E-state index in [0.717, 1.165) is 27.6 Å². The van der Waals surface area contributed by atoms with Gasteiger partial charge in [-0.15, -0.1) is 0 Å². The average Bonchev–Trinajstić information content (AvgIpc) is 3.54. The second-order valence-electron chi connectivity index (χ2n) is 12.9. The zero-order chi connectivity index (χ0) is 37.0. The number of hydrogen-bond donors (Lipinski definition) is 8. The lowest BCUT2D eigenvalue weighted by atomic mass is 10.0. The third kappa shape index (κ3) is 10.2. The fraction of sp³-hybridized carbons (Fsp3) is 0.316. The Bertz CT molecular complexity index is 1890. The van der Waals surface area contributed by atoms with Crippen LogP contribution in [0.2, 0.25) is 0 Å². The topological polar surface area (TPSA) is 226 Å². The molecular formula is C38H45N9O5. The predicted molar refractivity (Wildman–Crippen MR) is 198 cm³/mol. The van der Waals surface area contributed by atoms with Gasteiger partial charge >= 0.3 is 0 Å². The first-order chi connectivity index (χ1) is 25.1. The third-order valence-electron chi connectivity index (χ3n) is 8.89. The summed E-state index contributed by atoms with van der Waals surface area (Å²) in [6.07, 6.45) is 2.52. The summed E-state index contributed by atoms with van der Waals surface area (Å²) in [6.45, 7) is 1.70. The molecule has 1 fully saturated rings. The molecule has 1 saturated heterocycles. The zero-order valence-electron chi connectivity index (χ0n) is 28.9. The van der Waals surface area contributed by atoms with Crippen molar-refractivity contribution in [2.24, 2.45) is 16.5 Å². The number of rotatable bonds is 10. The first-order valence-electron chi connectivity index (χ1n) is 17.3. The van der Waals surface area contributed by atoms with Crippen molar-refractivity contribution in [2.45, 2.75) is 69.2 Å². The first kappa shape index (κ1) is 37.1. The van der Waals surface area contributed by atoms with Gasteiger partial charge in [0.15, 0.2) is 5.96 Å². The molecule has 0 bridgehead atoms. The van der Waals surface area contributed by atoms with Crippen LogP contribution in [0.4, 0.5) is 0 Å². The summed E-state index contributed by atoms with van der Waals surface area (Å²) >= 11 is 0. The molecule has 14 nitrogen and oxygen atoms in total. The van der Waals surface area contributed by atoms with Crippen molar-refractivity contribution in [3.8, 4) is 0 Å². The zero-order valence-corrected chi connectivity index (χ0v) is 28.9. The van der Waals surface area contributed by atoms with Crippen LogP contribution in [0.1, 0.15) is 36.5 Å². The predicted octanol–water partition coefficient (Wildman–Crippen LogP) is 0.707. The van der Waals surface area contributed by atoms with Crippen LogP contribution in [0.3, 0.4) is 0 Å². The lowest BCUT2D eigenvalue weighted by Gasteiger charge is -2.26. The molecule has 0 radical (unpaired) electrons. The molecule has 5 unspecified atom stereocenters. The van der Waals surface area contributed by atoms with Gasteiger partial charge in [0, 0.05) is 42.9 Å². The van der Waals surface area contributed by atoms with Crippen LogP contribution >= 0.6 is 0 Å². The first-order valence-corrected chi connectivity index (χ1v) is 17.3. The number of aromatic nitrogens is 1. The van der Waals surface area contributed by atoms with Gasteiger partial charge in [-0.3, -0.25) is 29.0 Å². The number of carbonyl (C=O) groups excluding carboxylic acids is 5. The molecule has 5 amide bonds. The van der Waals surface area contributed by atoms with E-state index in [2.05, 4.69) is 36.6 Å². The molecule has 4 aromatic rings. The highest BCUT2D eigenvalue weighted by Gasteiger charge is 2.34. The molecule has 272 valence electrons. The summed E-state index contributed by atoms with van der Waals surface area (Å²) in [4.78, 5) is 76.7. The molecule has 10 N–H and O–H groups in total. The van der Waals surface area contributed by atoms with Gasteiger partial charge in [-0.1, -0.05) is 78.9 Å². The van der Waals surface area contributed by atoms with E-state index in [1.165, 1.54) is 6.92 Å². The fourth-order valence-corrected chi connectivity index (χ4v) is 6.11. The second kappa shape index (κ2) is 17.7. The van der Waals surface area contributed by atoms with Crippen LogP contribution in [-0.4, -0.2) is 77.2 Å². The number of fused-ring (bicyclic) bond motifs is 1. The van der Waals surface area contributed by atoms with Crippen molar-refractivity contribution in [3.05, 3.63) is 108 Å². The maximum absolute atomic E-state index is 14.1. The largest absolute Gasteiger partial charge is 0.370 e. The van der Waals surface area contributed by atoms with E-state index in [1.54, 1.807) is 6.20 Å². The number of nitrogens with zero attached hydrogens (tertiary/aromatic N) is 1. The van der Waals surface area contributed by atoms with Crippen LogP contribution in [0.15, 0.2) is 96.1 Å². The molecule has 3 aromatic carbocycles. The maximum Gasteiger partial charge on any atom is 0.243 e.